The number of anilines is 1. The lowest BCUT2D eigenvalue weighted by Gasteiger charge is -2.37. The van der Waals surface area contributed by atoms with Crippen LogP contribution in [0.1, 0.15) is 12.0 Å². The van der Waals surface area contributed by atoms with Gasteiger partial charge in [0.25, 0.3) is 0 Å². The Morgan fingerprint density at radius 3 is 2.47 bits per heavy atom. The molecule has 4 N–H and O–H groups in total. The lowest BCUT2D eigenvalue weighted by molar-refractivity contribution is -0.150. The first-order chi connectivity index (χ1) is 17.3. The van der Waals surface area contributed by atoms with Crippen LogP contribution in [0.4, 0.5) is 16.2 Å². The standard InChI is InChI=1S/C24H28N6O6/c25-22(27-17-2-1-7-26-13-17)16-3-5-18(6-4-16)30-15-19(36-24(30)35)14-28-8-10-29(11-9-28)20(23(33)34)12-21(31)32/h1-7,13,19-20H,8-12,14-15H2,(H2,25,27)(H,31,32)(H,33,34). The summed E-state index contributed by atoms with van der Waals surface area (Å²) in [5, 5.41) is 18.3. The first-order valence-corrected chi connectivity index (χ1v) is 11.5. The van der Waals surface area contributed by atoms with E-state index in [9.17, 15) is 19.5 Å². The molecule has 0 aliphatic carbocycles. The van der Waals surface area contributed by atoms with E-state index >= 15 is 0 Å². The van der Waals surface area contributed by atoms with Gasteiger partial charge in [0.15, 0.2) is 0 Å². The fourth-order valence-electron chi connectivity index (χ4n) is 4.35. The van der Waals surface area contributed by atoms with E-state index in [1.807, 2.05) is 0 Å². The lowest BCUT2D eigenvalue weighted by atomic mass is 10.1. The Balaban J connectivity index is 1.31. The number of nitrogens with zero attached hydrogens (tertiary/aromatic N) is 5. The third-order valence-corrected chi connectivity index (χ3v) is 6.21. The molecule has 2 atom stereocenters. The number of carboxylic acid groups (broad SMARTS) is 2. The molecule has 1 aromatic carbocycles. The van der Waals surface area contributed by atoms with Crippen LogP contribution in [0.25, 0.3) is 0 Å². The average Bonchev–Trinajstić information content (AvgIpc) is 3.23. The maximum Gasteiger partial charge on any atom is 0.414 e. The number of aromatic nitrogens is 1. The largest absolute Gasteiger partial charge is 0.481 e. The second-order valence-corrected chi connectivity index (χ2v) is 8.66. The van der Waals surface area contributed by atoms with Crippen molar-refractivity contribution in [2.45, 2.75) is 18.6 Å². The number of amides is 1. The zero-order valence-corrected chi connectivity index (χ0v) is 19.6. The van der Waals surface area contributed by atoms with Crippen molar-refractivity contribution in [2.75, 3.05) is 44.2 Å². The van der Waals surface area contributed by atoms with E-state index in [4.69, 9.17) is 15.6 Å². The summed E-state index contributed by atoms with van der Waals surface area (Å²) < 4.78 is 5.56. The Hall–Kier alpha value is -4.03. The van der Waals surface area contributed by atoms with E-state index in [1.165, 1.54) is 0 Å². The first-order valence-electron chi connectivity index (χ1n) is 11.5. The van der Waals surface area contributed by atoms with E-state index in [-0.39, 0.29) is 6.10 Å². The highest BCUT2D eigenvalue weighted by Crippen LogP contribution is 2.23. The van der Waals surface area contributed by atoms with Crippen LogP contribution >= 0.6 is 0 Å². The molecule has 2 aromatic rings. The summed E-state index contributed by atoms with van der Waals surface area (Å²) in [6, 6.07) is 9.69. The van der Waals surface area contributed by atoms with Gasteiger partial charge >= 0.3 is 18.0 Å². The molecule has 2 aliphatic rings. The number of hydrogen-bond acceptors (Lipinski definition) is 8. The zero-order valence-electron chi connectivity index (χ0n) is 19.6. The number of pyridine rings is 1. The van der Waals surface area contributed by atoms with E-state index in [0.29, 0.717) is 62.0 Å². The van der Waals surface area contributed by atoms with Gasteiger partial charge in [-0.1, -0.05) is 0 Å². The fourth-order valence-corrected chi connectivity index (χ4v) is 4.35. The van der Waals surface area contributed by atoms with Crippen molar-refractivity contribution >= 4 is 35.2 Å². The van der Waals surface area contributed by atoms with Gasteiger partial charge in [0.05, 0.1) is 24.8 Å². The molecule has 0 saturated carbocycles. The van der Waals surface area contributed by atoms with E-state index in [1.54, 1.807) is 58.6 Å². The van der Waals surface area contributed by atoms with E-state index < -0.39 is 30.5 Å². The first kappa shape index (κ1) is 25.1. The van der Waals surface area contributed by atoms with Gasteiger partial charge in [0.1, 0.15) is 18.0 Å². The molecule has 2 fully saturated rings. The molecule has 0 radical (unpaired) electrons. The van der Waals surface area contributed by atoms with Gasteiger partial charge in [-0.2, -0.15) is 0 Å². The minimum absolute atomic E-state index is 0.337. The van der Waals surface area contributed by atoms with Gasteiger partial charge < -0.3 is 20.7 Å². The molecule has 1 amide bonds. The maximum atomic E-state index is 12.5. The monoisotopic (exact) mass is 496 g/mol. The third kappa shape index (κ3) is 6.15. The van der Waals surface area contributed by atoms with Crippen LogP contribution in [-0.2, 0) is 14.3 Å². The molecule has 0 bridgehead atoms. The van der Waals surface area contributed by atoms with Gasteiger partial charge in [-0.3, -0.25) is 29.3 Å². The van der Waals surface area contributed by atoms with Crippen molar-refractivity contribution in [3.8, 4) is 0 Å². The van der Waals surface area contributed by atoms with Crippen LogP contribution in [0.5, 0.6) is 0 Å². The topological polar surface area (TPSA) is 162 Å². The maximum absolute atomic E-state index is 12.5. The number of carboxylic acids is 2. The highest BCUT2D eigenvalue weighted by molar-refractivity contribution is 5.99. The van der Waals surface area contributed by atoms with E-state index in [2.05, 4.69) is 14.9 Å². The molecule has 190 valence electrons. The SMILES string of the molecule is NC(=Nc1cccnc1)c1ccc(N2CC(CN3CCN(C(CC(=O)O)C(=O)O)CC3)OC2=O)cc1. The average molecular weight is 497 g/mol. The number of benzene rings is 1. The molecule has 12 nitrogen and oxygen atoms in total. The molecule has 0 spiro atoms. The molecule has 2 aliphatic heterocycles. The molecule has 4 rings (SSSR count). The Morgan fingerprint density at radius 2 is 1.86 bits per heavy atom. The van der Waals surface area contributed by atoms with Crippen molar-refractivity contribution in [1.29, 1.82) is 0 Å². The second kappa shape index (κ2) is 11.1. The number of aliphatic imine (C=N–C) groups is 1. The number of nitrogens with two attached hydrogens (primary N) is 1. The summed E-state index contributed by atoms with van der Waals surface area (Å²) in [6.45, 7) is 2.86. The number of carbonyl (C=O) groups is 3. The molecule has 36 heavy (non-hydrogen) atoms. The number of ether oxygens (including phenoxy) is 1. The van der Waals surface area contributed by atoms with Crippen LogP contribution in [0, 0.1) is 0 Å². The summed E-state index contributed by atoms with van der Waals surface area (Å²) >= 11 is 0. The molecular weight excluding hydrogens is 468 g/mol. The highest BCUT2D eigenvalue weighted by Gasteiger charge is 2.35. The fraction of sp³-hybridized carbons (Fsp3) is 0.375. The van der Waals surface area contributed by atoms with Crippen molar-refractivity contribution in [3.05, 3.63) is 54.4 Å². The van der Waals surface area contributed by atoms with E-state index in [0.717, 1.165) is 0 Å². The number of carbonyl (C=O) groups excluding carboxylic acids is 1. The minimum Gasteiger partial charge on any atom is -0.481 e. The van der Waals surface area contributed by atoms with Crippen molar-refractivity contribution in [1.82, 2.24) is 14.8 Å². The van der Waals surface area contributed by atoms with Gasteiger partial charge in [-0.25, -0.2) is 9.79 Å². The zero-order chi connectivity index (χ0) is 25.7. The van der Waals surface area contributed by atoms with Gasteiger partial charge in [-0.05, 0) is 36.4 Å². The Morgan fingerprint density at radius 1 is 1.14 bits per heavy atom. The Kier molecular flexibility index (Phi) is 7.76. The van der Waals surface area contributed by atoms with Crippen LogP contribution in [0.15, 0.2) is 53.8 Å². The smallest absolute Gasteiger partial charge is 0.414 e. The number of amidine groups is 1. The second-order valence-electron chi connectivity index (χ2n) is 8.66. The van der Waals surface area contributed by atoms with Gasteiger partial charge in [0.2, 0.25) is 0 Å². The molecule has 2 unspecified atom stereocenters. The van der Waals surface area contributed by atoms with Crippen LogP contribution in [-0.4, -0.2) is 100 Å². The molecule has 1 aromatic heterocycles. The summed E-state index contributed by atoms with van der Waals surface area (Å²) in [4.78, 5) is 48.6. The van der Waals surface area contributed by atoms with Crippen LogP contribution < -0.4 is 10.6 Å². The third-order valence-electron chi connectivity index (χ3n) is 6.21. The summed E-state index contributed by atoms with van der Waals surface area (Å²) in [5.41, 5.74) is 8.14. The lowest BCUT2D eigenvalue weighted by Crippen LogP contribution is -2.54. The predicted octanol–water partition coefficient (Wildman–Crippen LogP) is 0.989. The predicted molar refractivity (Wildman–Crippen MR) is 130 cm³/mol. The molecule has 3 heterocycles. The quantitative estimate of drug-likeness (QED) is 0.337. The number of cyclic esters (lactones) is 1. The Bertz CT molecular complexity index is 1120. The Labute approximate surface area is 207 Å². The summed E-state index contributed by atoms with van der Waals surface area (Å²) in [6.07, 6.45) is 2.06. The summed E-state index contributed by atoms with van der Waals surface area (Å²) in [7, 11) is 0. The molecule has 12 heteroatoms. The van der Waals surface area contributed by atoms with Crippen molar-refractivity contribution in [3.63, 3.8) is 0 Å². The van der Waals surface area contributed by atoms with Crippen LogP contribution in [0.3, 0.4) is 0 Å². The molecule has 2 saturated heterocycles. The number of hydrogen-bond donors (Lipinski definition) is 3. The number of piperazine rings is 1. The number of aliphatic carboxylic acids is 2. The number of rotatable bonds is 9. The summed E-state index contributed by atoms with van der Waals surface area (Å²) in [5.74, 6) is -1.94. The minimum atomic E-state index is -1.14. The van der Waals surface area contributed by atoms with Gasteiger partial charge in [0, 0.05) is 50.2 Å². The van der Waals surface area contributed by atoms with Gasteiger partial charge in [-0.15, -0.1) is 0 Å². The van der Waals surface area contributed by atoms with Crippen LogP contribution in [0.2, 0.25) is 0 Å². The van der Waals surface area contributed by atoms with Crippen molar-refractivity contribution < 1.29 is 29.3 Å². The highest BCUT2D eigenvalue weighted by atomic mass is 16.6. The molecular formula is C24H28N6O6. The normalized spacial score (nSPS) is 20.2. The van der Waals surface area contributed by atoms with Crippen molar-refractivity contribution in [2.24, 2.45) is 10.7 Å².